The van der Waals surface area contributed by atoms with Crippen LogP contribution in [0.15, 0.2) is 138 Å². The Morgan fingerprint density at radius 3 is 2.02 bits per heavy atom. The lowest BCUT2D eigenvalue weighted by Crippen LogP contribution is -2.10. The van der Waals surface area contributed by atoms with Crippen LogP contribution in [-0.2, 0) is 0 Å². The number of hydrogen-bond donors (Lipinski definition) is 0. The number of rotatable bonds is 5. The second kappa shape index (κ2) is 10.8. The van der Waals surface area contributed by atoms with Crippen molar-refractivity contribution in [1.29, 1.82) is 10.5 Å². The van der Waals surface area contributed by atoms with Gasteiger partial charge in [0, 0.05) is 39.0 Å². The molecule has 0 aliphatic carbocycles. The summed E-state index contributed by atoms with van der Waals surface area (Å²) in [5.41, 5.74) is 9.10. The monoisotopic (exact) mass is 594 g/mol. The SMILES string of the molecule is N#Cc1ccc(N(c2ccc(-c3nc4ccccc4s3)cc2)c2ccc(-c3cccc4c3oc3ccccc34)cc2)cc1C#N. The van der Waals surface area contributed by atoms with Crippen molar-refractivity contribution in [2.24, 2.45) is 0 Å². The lowest BCUT2D eigenvalue weighted by atomic mass is 10.0. The second-order valence-corrected chi connectivity index (χ2v) is 11.7. The van der Waals surface area contributed by atoms with E-state index in [1.807, 2.05) is 42.5 Å². The number of nitriles is 2. The molecular weight excluding hydrogens is 573 g/mol. The van der Waals surface area contributed by atoms with E-state index in [2.05, 4.69) is 95.9 Å². The number of hydrogen-bond acceptors (Lipinski definition) is 6. The average Bonchev–Trinajstić information content (AvgIpc) is 3.71. The zero-order valence-corrected chi connectivity index (χ0v) is 24.6. The Morgan fingerprint density at radius 1 is 0.600 bits per heavy atom. The zero-order valence-electron chi connectivity index (χ0n) is 23.8. The van der Waals surface area contributed by atoms with Crippen molar-refractivity contribution in [3.8, 4) is 33.8 Å². The van der Waals surface area contributed by atoms with Crippen LogP contribution in [0.4, 0.5) is 17.1 Å². The van der Waals surface area contributed by atoms with Gasteiger partial charge in [-0.2, -0.15) is 10.5 Å². The van der Waals surface area contributed by atoms with Gasteiger partial charge in [0.2, 0.25) is 0 Å². The van der Waals surface area contributed by atoms with Gasteiger partial charge in [-0.25, -0.2) is 4.98 Å². The van der Waals surface area contributed by atoms with E-state index in [0.717, 1.165) is 70.9 Å². The largest absolute Gasteiger partial charge is 0.455 e. The smallest absolute Gasteiger partial charge is 0.143 e. The summed E-state index contributed by atoms with van der Waals surface area (Å²) in [6, 6.07) is 48.7. The molecule has 0 aliphatic heterocycles. The minimum absolute atomic E-state index is 0.333. The van der Waals surface area contributed by atoms with E-state index in [1.165, 1.54) is 0 Å². The van der Waals surface area contributed by atoms with Crippen LogP contribution in [0.5, 0.6) is 0 Å². The molecule has 5 nitrogen and oxygen atoms in total. The molecule has 45 heavy (non-hydrogen) atoms. The van der Waals surface area contributed by atoms with E-state index in [-0.39, 0.29) is 0 Å². The molecule has 0 spiro atoms. The Hall–Kier alpha value is -6.21. The maximum Gasteiger partial charge on any atom is 0.143 e. The standard InChI is InChI=1S/C39H22N4OS/c40-23-27-16-21-31(22-28(27)24-41)43(30-19-14-26(15-20-30)39-42-35-9-2-4-11-37(35)45-39)29-17-12-25(13-18-29)32-7-5-8-34-33-6-1-3-10-36(33)44-38(32)34/h1-22H. The molecule has 0 amide bonds. The van der Waals surface area contributed by atoms with Gasteiger partial charge in [0.05, 0.1) is 21.3 Å². The van der Waals surface area contributed by atoms with Crippen molar-refractivity contribution in [1.82, 2.24) is 4.98 Å². The third kappa shape index (κ3) is 4.58. The Morgan fingerprint density at radius 2 is 1.27 bits per heavy atom. The number of aromatic nitrogens is 1. The fraction of sp³-hybridized carbons (Fsp3) is 0. The van der Waals surface area contributed by atoms with Crippen molar-refractivity contribution in [2.75, 3.05) is 4.90 Å². The predicted molar refractivity (Wildman–Crippen MR) is 182 cm³/mol. The number of furan rings is 1. The number of thiazole rings is 1. The quantitative estimate of drug-likeness (QED) is 0.198. The summed E-state index contributed by atoms with van der Waals surface area (Å²) in [6.07, 6.45) is 0. The summed E-state index contributed by atoms with van der Waals surface area (Å²) in [5.74, 6) is 0. The van der Waals surface area contributed by atoms with Crippen molar-refractivity contribution in [3.05, 3.63) is 145 Å². The Labute approximate surface area is 263 Å². The maximum atomic E-state index is 9.79. The average molecular weight is 595 g/mol. The van der Waals surface area contributed by atoms with Crippen LogP contribution in [-0.4, -0.2) is 4.98 Å². The first-order valence-electron chi connectivity index (χ1n) is 14.4. The minimum Gasteiger partial charge on any atom is -0.455 e. The van der Waals surface area contributed by atoms with Gasteiger partial charge in [-0.1, -0.05) is 60.7 Å². The minimum atomic E-state index is 0.333. The van der Waals surface area contributed by atoms with Crippen molar-refractivity contribution < 1.29 is 4.42 Å². The van der Waals surface area contributed by atoms with Gasteiger partial charge in [0.15, 0.2) is 0 Å². The van der Waals surface area contributed by atoms with Crippen LogP contribution >= 0.6 is 11.3 Å². The molecule has 0 saturated carbocycles. The van der Waals surface area contributed by atoms with Crippen molar-refractivity contribution in [2.45, 2.75) is 0 Å². The van der Waals surface area contributed by atoms with E-state index in [9.17, 15) is 10.5 Å². The number of para-hydroxylation sites is 3. The molecule has 2 heterocycles. The number of anilines is 3. The normalized spacial score (nSPS) is 11.1. The van der Waals surface area contributed by atoms with Crippen LogP contribution in [0, 0.1) is 22.7 Å². The molecule has 0 bridgehead atoms. The summed E-state index contributed by atoms with van der Waals surface area (Å²) >= 11 is 1.67. The van der Waals surface area contributed by atoms with Gasteiger partial charge in [0.1, 0.15) is 28.3 Å². The van der Waals surface area contributed by atoms with Crippen molar-refractivity contribution >= 4 is 60.6 Å². The van der Waals surface area contributed by atoms with Gasteiger partial charge in [0.25, 0.3) is 0 Å². The van der Waals surface area contributed by atoms with Gasteiger partial charge in [-0.05, 0) is 78.4 Å². The molecule has 0 atom stereocenters. The van der Waals surface area contributed by atoms with Gasteiger partial charge >= 0.3 is 0 Å². The fourth-order valence-electron chi connectivity index (χ4n) is 5.82. The summed E-state index contributed by atoms with van der Waals surface area (Å²) in [5, 5.41) is 22.5. The first kappa shape index (κ1) is 26.4. The molecule has 0 fully saturated rings. The molecule has 6 aromatic carbocycles. The Balaban J connectivity index is 1.21. The highest BCUT2D eigenvalue weighted by atomic mass is 32.1. The lowest BCUT2D eigenvalue weighted by Gasteiger charge is -2.26. The topological polar surface area (TPSA) is 76.8 Å². The van der Waals surface area contributed by atoms with E-state index in [1.54, 1.807) is 23.5 Å². The highest BCUT2D eigenvalue weighted by Gasteiger charge is 2.17. The zero-order chi connectivity index (χ0) is 30.3. The number of fused-ring (bicyclic) bond motifs is 4. The van der Waals surface area contributed by atoms with Crippen molar-refractivity contribution in [3.63, 3.8) is 0 Å². The first-order chi connectivity index (χ1) is 22.2. The third-order valence-electron chi connectivity index (χ3n) is 8.01. The highest BCUT2D eigenvalue weighted by Crippen LogP contribution is 2.40. The second-order valence-electron chi connectivity index (χ2n) is 10.6. The molecule has 0 N–H and O–H groups in total. The molecule has 8 rings (SSSR count). The summed E-state index contributed by atoms with van der Waals surface area (Å²) < 4.78 is 7.45. The van der Waals surface area contributed by atoms with Crippen LogP contribution in [0.3, 0.4) is 0 Å². The molecule has 8 aromatic rings. The van der Waals surface area contributed by atoms with Crippen LogP contribution in [0.25, 0.3) is 53.9 Å². The van der Waals surface area contributed by atoms with Crippen LogP contribution in [0.2, 0.25) is 0 Å². The van der Waals surface area contributed by atoms with Gasteiger partial charge in [-0.3, -0.25) is 0 Å². The van der Waals surface area contributed by atoms with Gasteiger partial charge in [-0.15, -0.1) is 11.3 Å². The van der Waals surface area contributed by atoms with Crippen LogP contribution in [0.1, 0.15) is 11.1 Å². The Kier molecular flexibility index (Phi) is 6.35. The predicted octanol–water partition coefficient (Wildman–Crippen LogP) is 10.7. The molecule has 0 unspecified atom stereocenters. The molecule has 0 radical (unpaired) electrons. The third-order valence-corrected chi connectivity index (χ3v) is 9.09. The van der Waals surface area contributed by atoms with E-state index in [4.69, 9.17) is 9.40 Å². The van der Waals surface area contributed by atoms with E-state index >= 15 is 0 Å². The number of benzene rings is 6. The Bertz CT molecular complexity index is 2430. The maximum absolute atomic E-state index is 9.79. The molecule has 0 aliphatic rings. The fourth-order valence-corrected chi connectivity index (χ4v) is 6.79. The summed E-state index contributed by atoms with van der Waals surface area (Å²) in [7, 11) is 0. The van der Waals surface area contributed by atoms with E-state index in [0.29, 0.717) is 11.1 Å². The summed E-state index contributed by atoms with van der Waals surface area (Å²) in [6.45, 7) is 0. The number of nitrogens with zero attached hydrogens (tertiary/aromatic N) is 4. The molecular formula is C39H22N4OS. The molecule has 2 aromatic heterocycles. The first-order valence-corrected chi connectivity index (χ1v) is 15.2. The van der Waals surface area contributed by atoms with Gasteiger partial charge < -0.3 is 9.32 Å². The lowest BCUT2D eigenvalue weighted by molar-refractivity contribution is 0.670. The van der Waals surface area contributed by atoms with Crippen LogP contribution < -0.4 is 4.90 Å². The molecule has 0 saturated heterocycles. The highest BCUT2D eigenvalue weighted by molar-refractivity contribution is 7.21. The molecule has 210 valence electrons. The summed E-state index contributed by atoms with van der Waals surface area (Å²) in [4.78, 5) is 6.91. The van der Waals surface area contributed by atoms with E-state index < -0.39 is 0 Å². The molecule has 6 heteroatoms.